The van der Waals surface area contributed by atoms with Crippen LogP contribution in [-0.4, -0.2) is 0 Å². The molecule has 0 aliphatic rings. The average Bonchev–Trinajstić information content (AvgIpc) is 2.71. The summed E-state index contributed by atoms with van der Waals surface area (Å²) in [5, 5.41) is 3.50. The first-order chi connectivity index (χ1) is 7.40. The minimum absolute atomic E-state index is 1.19. The van der Waals surface area contributed by atoms with Crippen molar-refractivity contribution in [1.82, 2.24) is 0 Å². The van der Waals surface area contributed by atoms with Crippen LogP contribution in [-0.2, 0) is 0 Å². The van der Waals surface area contributed by atoms with Crippen molar-refractivity contribution >= 4 is 27.5 Å². The molecule has 1 aromatic carbocycles. The van der Waals surface area contributed by atoms with Crippen LogP contribution < -0.4 is 0 Å². The second-order valence-corrected chi connectivity index (χ2v) is 4.71. The first-order valence-electron chi connectivity index (χ1n) is 5.54. The molecule has 0 spiro atoms. The maximum Gasteiger partial charge on any atom is 0.0348 e. The lowest BCUT2D eigenvalue weighted by Crippen LogP contribution is -1.71. The lowest BCUT2D eigenvalue weighted by molar-refractivity contribution is 0.816. The normalized spacial score (nSPS) is 11.5. The van der Waals surface area contributed by atoms with E-state index in [-0.39, 0.29) is 0 Å². The first kappa shape index (κ1) is 10.4. The maximum absolute atomic E-state index is 2.28. The van der Waals surface area contributed by atoms with Gasteiger partial charge in [-0.25, -0.2) is 0 Å². The Balaban J connectivity index is 2.10. The average molecular weight is 216 g/mol. The van der Waals surface area contributed by atoms with Crippen LogP contribution in [0.25, 0.3) is 16.2 Å². The van der Waals surface area contributed by atoms with E-state index in [9.17, 15) is 0 Å². The molecule has 1 heterocycles. The fraction of sp³-hybridized carbons (Fsp3) is 0.286. The Hall–Kier alpha value is -1.08. The third-order valence-electron chi connectivity index (χ3n) is 2.51. The highest BCUT2D eigenvalue weighted by molar-refractivity contribution is 7.17. The van der Waals surface area contributed by atoms with Crippen LogP contribution in [0.4, 0.5) is 0 Å². The highest BCUT2D eigenvalue weighted by Gasteiger charge is 1.94. The summed E-state index contributed by atoms with van der Waals surface area (Å²) < 4.78 is 1.38. The minimum atomic E-state index is 1.19. The molecule has 0 radical (unpaired) electrons. The number of rotatable bonds is 4. The van der Waals surface area contributed by atoms with Crippen LogP contribution in [0.3, 0.4) is 0 Å². The minimum Gasteiger partial charge on any atom is -0.144 e. The quantitative estimate of drug-likeness (QED) is 0.623. The molecule has 15 heavy (non-hydrogen) atoms. The molecule has 0 aliphatic carbocycles. The van der Waals surface area contributed by atoms with Gasteiger partial charge in [-0.3, -0.25) is 0 Å². The second-order valence-electron chi connectivity index (χ2n) is 3.76. The molecule has 0 aliphatic heterocycles. The Kier molecular flexibility index (Phi) is 3.57. The van der Waals surface area contributed by atoms with Gasteiger partial charge in [-0.1, -0.05) is 44.1 Å². The summed E-state index contributed by atoms with van der Waals surface area (Å²) in [6.45, 7) is 2.23. The van der Waals surface area contributed by atoms with E-state index in [1.165, 1.54) is 34.9 Å². The molecule has 78 valence electrons. The number of thiophene rings is 1. The van der Waals surface area contributed by atoms with Gasteiger partial charge < -0.3 is 0 Å². The first-order valence-corrected chi connectivity index (χ1v) is 6.42. The van der Waals surface area contributed by atoms with E-state index in [0.29, 0.717) is 0 Å². The van der Waals surface area contributed by atoms with Gasteiger partial charge >= 0.3 is 0 Å². The summed E-state index contributed by atoms with van der Waals surface area (Å²) in [5.74, 6) is 0. The number of fused-ring (bicyclic) bond motifs is 1. The standard InChI is InChI=1S/C14H16S/c1-2-3-4-5-6-12-7-8-13-9-10-15-14(13)11-12/h5-11H,2-4H2,1H3. The molecule has 0 unspecified atom stereocenters. The summed E-state index contributed by atoms with van der Waals surface area (Å²) in [4.78, 5) is 0. The van der Waals surface area contributed by atoms with Crippen LogP contribution in [0.1, 0.15) is 31.7 Å². The van der Waals surface area contributed by atoms with Gasteiger partial charge in [-0.05, 0) is 34.9 Å². The van der Waals surface area contributed by atoms with Gasteiger partial charge in [0, 0.05) is 4.70 Å². The summed E-state index contributed by atoms with van der Waals surface area (Å²) >= 11 is 1.81. The number of benzene rings is 1. The second kappa shape index (κ2) is 5.13. The molecule has 2 aromatic rings. The van der Waals surface area contributed by atoms with Gasteiger partial charge in [0.2, 0.25) is 0 Å². The molecule has 0 fully saturated rings. The van der Waals surface area contributed by atoms with Crippen molar-refractivity contribution in [3.63, 3.8) is 0 Å². The van der Waals surface area contributed by atoms with Crippen LogP contribution in [0.2, 0.25) is 0 Å². The zero-order valence-corrected chi connectivity index (χ0v) is 9.89. The lowest BCUT2D eigenvalue weighted by atomic mass is 10.1. The topological polar surface area (TPSA) is 0 Å². The Morgan fingerprint density at radius 3 is 3.07 bits per heavy atom. The van der Waals surface area contributed by atoms with E-state index in [2.05, 4.69) is 48.7 Å². The van der Waals surface area contributed by atoms with Crippen LogP contribution in [0.5, 0.6) is 0 Å². The number of hydrogen-bond acceptors (Lipinski definition) is 1. The third-order valence-corrected chi connectivity index (χ3v) is 3.39. The predicted molar refractivity (Wildman–Crippen MR) is 70.4 cm³/mol. The fourth-order valence-corrected chi connectivity index (χ4v) is 2.45. The molecule has 0 bridgehead atoms. The SMILES string of the molecule is CCCCC=Cc1ccc2ccsc2c1. The molecule has 0 saturated carbocycles. The van der Waals surface area contributed by atoms with Gasteiger partial charge in [0.05, 0.1) is 0 Å². The third kappa shape index (κ3) is 2.69. The maximum atomic E-state index is 2.28. The predicted octanol–water partition coefficient (Wildman–Crippen LogP) is 5.10. The molecule has 2 rings (SSSR count). The number of allylic oxidation sites excluding steroid dienone is 1. The molecule has 1 aromatic heterocycles. The smallest absolute Gasteiger partial charge is 0.0348 e. The van der Waals surface area contributed by atoms with Crippen LogP contribution >= 0.6 is 11.3 Å². The summed E-state index contributed by atoms with van der Waals surface area (Å²) in [5.41, 5.74) is 1.32. The molecule has 1 heteroatoms. The fourth-order valence-electron chi connectivity index (χ4n) is 1.62. The van der Waals surface area contributed by atoms with E-state index < -0.39 is 0 Å². The monoisotopic (exact) mass is 216 g/mol. The van der Waals surface area contributed by atoms with Gasteiger partial charge in [-0.15, -0.1) is 11.3 Å². The molecule has 0 N–H and O–H groups in total. The van der Waals surface area contributed by atoms with E-state index >= 15 is 0 Å². The summed E-state index contributed by atoms with van der Waals surface area (Å²) in [6.07, 6.45) is 8.26. The molecule has 0 nitrogen and oxygen atoms in total. The van der Waals surface area contributed by atoms with Crippen molar-refractivity contribution in [3.05, 3.63) is 41.3 Å². The zero-order chi connectivity index (χ0) is 10.5. The van der Waals surface area contributed by atoms with Gasteiger partial charge in [0.1, 0.15) is 0 Å². The van der Waals surface area contributed by atoms with E-state index in [0.717, 1.165) is 0 Å². The highest BCUT2D eigenvalue weighted by atomic mass is 32.1. The molecule has 0 saturated heterocycles. The molecular formula is C14H16S. The number of unbranched alkanes of at least 4 members (excludes halogenated alkanes) is 2. The Bertz CT molecular complexity index is 451. The van der Waals surface area contributed by atoms with E-state index in [1.54, 1.807) is 0 Å². The Labute approximate surface area is 95.3 Å². The van der Waals surface area contributed by atoms with Gasteiger partial charge in [-0.2, -0.15) is 0 Å². The summed E-state index contributed by atoms with van der Waals surface area (Å²) in [6, 6.07) is 8.83. The number of hydrogen-bond donors (Lipinski definition) is 0. The highest BCUT2D eigenvalue weighted by Crippen LogP contribution is 2.22. The lowest BCUT2D eigenvalue weighted by Gasteiger charge is -1.94. The van der Waals surface area contributed by atoms with Crippen molar-refractivity contribution in [1.29, 1.82) is 0 Å². The van der Waals surface area contributed by atoms with Crippen molar-refractivity contribution in [2.45, 2.75) is 26.2 Å². The molecular weight excluding hydrogens is 200 g/mol. The van der Waals surface area contributed by atoms with Gasteiger partial charge in [0.15, 0.2) is 0 Å². The van der Waals surface area contributed by atoms with Gasteiger partial charge in [0.25, 0.3) is 0 Å². The van der Waals surface area contributed by atoms with Crippen molar-refractivity contribution in [2.24, 2.45) is 0 Å². The Morgan fingerprint density at radius 2 is 2.20 bits per heavy atom. The van der Waals surface area contributed by atoms with E-state index in [4.69, 9.17) is 0 Å². The molecule has 0 amide bonds. The molecule has 0 atom stereocenters. The van der Waals surface area contributed by atoms with Crippen molar-refractivity contribution < 1.29 is 0 Å². The Morgan fingerprint density at radius 1 is 1.27 bits per heavy atom. The van der Waals surface area contributed by atoms with Crippen LogP contribution in [0, 0.1) is 0 Å². The van der Waals surface area contributed by atoms with Crippen molar-refractivity contribution in [3.8, 4) is 0 Å². The summed E-state index contributed by atoms with van der Waals surface area (Å²) in [7, 11) is 0. The van der Waals surface area contributed by atoms with E-state index in [1.807, 2.05) is 11.3 Å². The zero-order valence-electron chi connectivity index (χ0n) is 9.07. The largest absolute Gasteiger partial charge is 0.144 e. The van der Waals surface area contributed by atoms with Crippen molar-refractivity contribution in [2.75, 3.05) is 0 Å². The van der Waals surface area contributed by atoms with Crippen LogP contribution in [0.15, 0.2) is 35.7 Å².